The fourth-order valence-electron chi connectivity index (χ4n) is 1.76. The van der Waals surface area contributed by atoms with Gasteiger partial charge in [0, 0.05) is 19.0 Å². The van der Waals surface area contributed by atoms with Gasteiger partial charge in [0.2, 0.25) is 5.91 Å². The Balaban J connectivity index is 1.79. The number of ketones is 1. The zero-order chi connectivity index (χ0) is 13.1. The molecule has 6 heteroatoms. The van der Waals surface area contributed by atoms with E-state index >= 15 is 0 Å². The molecule has 1 aliphatic carbocycles. The summed E-state index contributed by atoms with van der Waals surface area (Å²) in [4.78, 5) is 22.8. The van der Waals surface area contributed by atoms with E-state index in [9.17, 15) is 9.59 Å². The molecular formula is C12H17N3O2S. The first-order valence-corrected chi connectivity index (χ1v) is 6.85. The second-order valence-electron chi connectivity index (χ2n) is 4.52. The maximum atomic E-state index is 11.4. The predicted molar refractivity (Wildman–Crippen MR) is 71.1 cm³/mol. The molecule has 0 radical (unpaired) electrons. The lowest BCUT2D eigenvalue weighted by Crippen LogP contribution is -2.29. The monoisotopic (exact) mass is 267 g/mol. The van der Waals surface area contributed by atoms with E-state index in [0.29, 0.717) is 18.7 Å². The minimum absolute atomic E-state index is 0.0192. The Bertz CT molecular complexity index is 466. The summed E-state index contributed by atoms with van der Waals surface area (Å²) in [6, 6.07) is 0. The van der Waals surface area contributed by atoms with Gasteiger partial charge in [-0.1, -0.05) is 0 Å². The molecular weight excluding hydrogens is 250 g/mol. The highest BCUT2D eigenvalue weighted by molar-refractivity contribution is 7.10. The van der Waals surface area contributed by atoms with Gasteiger partial charge < -0.3 is 10.6 Å². The van der Waals surface area contributed by atoms with Crippen molar-refractivity contribution in [2.24, 2.45) is 5.92 Å². The fraction of sp³-hybridized carbons (Fsp3) is 0.583. The maximum Gasteiger partial charge on any atom is 0.223 e. The number of hydrogen-bond donors (Lipinski definition) is 2. The highest BCUT2D eigenvalue weighted by Crippen LogP contribution is 2.28. The van der Waals surface area contributed by atoms with E-state index in [-0.39, 0.29) is 17.6 Å². The molecule has 1 amide bonds. The quantitative estimate of drug-likeness (QED) is 0.606. The summed E-state index contributed by atoms with van der Waals surface area (Å²) in [6.45, 7) is 4.55. The number of carbonyl (C=O) groups excluding carboxylic acids is 2. The van der Waals surface area contributed by atoms with Crippen LogP contribution in [-0.2, 0) is 4.79 Å². The van der Waals surface area contributed by atoms with Crippen molar-refractivity contribution in [3.63, 3.8) is 0 Å². The van der Waals surface area contributed by atoms with Crippen LogP contribution >= 0.6 is 11.5 Å². The van der Waals surface area contributed by atoms with E-state index < -0.39 is 0 Å². The topological polar surface area (TPSA) is 71.1 Å². The van der Waals surface area contributed by atoms with Crippen LogP contribution in [0.25, 0.3) is 0 Å². The van der Waals surface area contributed by atoms with Gasteiger partial charge in [-0.25, -0.2) is 0 Å². The van der Waals surface area contributed by atoms with Crippen molar-refractivity contribution in [2.45, 2.75) is 26.7 Å². The lowest BCUT2D eigenvalue weighted by Gasteiger charge is -2.06. The van der Waals surface area contributed by atoms with Gasteiger partial charge in [0.25, 0.3) is 0 Å². The van der Waals surface area contributed by atoms with Crippen LogP contribution in [0.15, 0.2) is 0 Å². The van der Waals surface area contributed by atoms with Crippen LogP contribution in [0.5, 0.6) is 0 Å². The molecule has 0 bridgehead atoms. The van der Waals surface area contributed by atoms with Crippen LogP contribution < -0.4 is 10.6 Å². The fourth-order valence-corrected chi connectivity index (χ4v) is 2.63. The van der Waals surface area contributed by atoms with E-state index in [2.05, 4.69) is 15.0 Å². The Hall–Kier alpha value is -1.43. The SMILES string of the molecule is CC(=O)c1c(C)nsc1NCCNC(=O)C1CC1. The number of anilines is 1. The third kappa shape index (κ3) is 3.07. The summed E-state index contributed by atoms with van der Waals surface area (Å²) in [5, 5.41) is 6.81. The molecule has 1 aromatic heterocycles. The zero-order valence-electron chi connectivity index (χ0n) is 10.6. The van der Waals surface area contributed by atoms with Gasteiger partial charge in [-0.15, -0.1) is 0 Å². The summed E-state index contributed by atoms with van der Waals surface area (Å²) >= 11 is 1.29. The number of nitrogens with one attached hydrogen (secondary N) is 2. The van der Waals surface area contributed by atoms with Gasteiger partial charge in [-0.3, -0.25) is 9.59 Å². The Morgan fingerprint density at radius 1 is 1.39 bits per heavy atom. The molecule has 1 fully saturated rings. The first kappa shape index (κ1) is 13.0. The molecule has 1 aliphatic rings. The average Bonchev–Trinajstić information content (AvgIpc) is 3.09. The van der Waals surface area contributed by atoms with Crippen molar-refractivity contribution in [1.29, 1.82) is 0 Å². The molecule has 0 aliphatic heterocycles. The van der Waals surface area contributed by atoms with Crippen LogP contribution in [0.3, 0.4) is 0 Å². The van der Waals surface area contributed by atoms with E-state index in [0.717, 1.165) is 23.5 Å². The van der Waals surface area contributed by atoms with Crippen molar-refractivity contribution < 1.29 is 9.59 Å². The normalized spacial score (nSPS) is 14.3. The van der Waals surface area contributed by atoms with E-state index in [1.165, 1.54) is 18.5 Å². The molecule has 0 atom stereocenters. The highest BCUT2D eigenvalue weighted by atomic mass is 32.1. The van der Waals surface area contributed by atoms with Gasteiger partial charge >= 0.3 is 0 Å². The molecule has 1 heterocycles. The van der Waals surface area contributed by atoms with Crippen LogP contribution in [0.2, 0.25) is 0 Å². The molecule has 98 valence electrons. The first-order chi connectivity index (χ1) is 8.59. The number of Topliss-reactive ketones (excluding diaryl/α,β-unsaturated/α-hetero) is 1. The van der Waals surface area contributed by atoms with Crippen molar-refractivity contribution in [3.8, 4) is 0 Å². The van der Waals surface area contributed by atoms with E-state index in [1.807, 2.05) is 6.92 Å². The van der Waals surface area contributed by atoms with Crippen LogP contribution in [-0.4, -0.2) is 29.2 Å². The molecule has 0 aromatic carbocycles. The summed E-state index contributed by atoms with van der Waals surface area (Å²) in [5.41, 5.74) is 1.42. The summed E-state index contributed by atoms with van der Waals surface area (Å²) < 4.78 is 4.16. The van der Waals surface area contributed by atoms with Crippen molar-refractivity contribution in [1.82, 2.24) is 9.69 Å². The predicted octanol–water partition coefficient (Wildman–Crippen LogP) is 1.59. The maximum absolute atomic E-state index is 11.4. The molecule has 18 heavy (non-hydrogen) atoms. The number of aromatic nitrogens is 1. The number of aryl methyl sites for hydroxylation is 1. The Kier molecular flexibility index (Phi) is 3.96. The molecule has 2 N–H and O–H groups in total. The Morgan fingerprint density at radius 3 is 2.72 bits per heavy atom. The Morgan fingerprint density at radius 2 is 2.11 bits per heavy atom. The lowest BCUT2D eigenvalue weighted by molar-refractivity contribution is -0.122. The first-order valence-electron chi connectivity index (χ1n) is 6.08. The minimum Gasteiger partial charge on any atom is -0.373 e. The van der Waals surface area contributed by atoms with Gasteiger partial charge in [-0.05, 0) is 38.2 Å². The standard InChI is InChI=1S/C12H17N3O2S/c1-7-10(8(2)16)12(18-15-7)14-6-5-13-11(17)9-3-4-9/h9,14H,3-6H2,1-2H3,(H,13,17). The average molecular weight is 267 g/mol. The zero-order valence-corrected chi connectivity index (χ0v) is 11.4. The third-order valence-corrected chi connectivity index (χ3v) is 3.77. The molecule has 5 nitrogen and oxygen atoms in total. The van der Waals surface area contributed by atoms with Gasteiger partial charge in [0.15, 0.2) is 5.78 Å². The second kappa shape index (κ2) is 5.48. The van der Waals surface area contributed by atoms with Crippen LogP contribution in [0, 0.1) is 12.8 Å². The third-order valence-electron chi connectivity index (χ3n) is 2.87. The Labute approximate surface area is 110 Å². The van der Waals surface area contributed by atoms with Crippen molar-refractivity contribution in [3.05, 3.63) is 11.3 Å². The van der Waals surface area contributed by atoms with E-state index in [1.54, 1.807) is 0 Å². The summed E-state index contributed by atoms with van der Waals surface area (Å²) in [5.74, 6) is 0.401. The molecule has 0 unspecified atom stereocenters. The van der Waals surface area contributed by atoms with Gasteiger partial charge in [0.05, 0.1) is 11.3 Å². The van der Waals surface area contributed by atoms with Crippen LogP contribution in [0.1, 0.15) is 35.8 Å². The molecule has 1 saturated carbocycles. The smallest absolute Gasteiger partial charge is 0.223 e. The number of hydrogen-bond acceptors (Lipinski definition) is 5. The molecule has 2 rings (SSSR count). The molecule has 0 saturated heterocycles. The lowest BCUT2D eigenvalue weighted by atomic mass is 10.2. The molecule has 1 aromatic rings. The van der Waals surface area contributed by atoms with Gasteiger partial charge in [0.1, 0.15) is 5.00 Å². The minimum atomic E-state index is 0.0192. The number of rotatable bonds is 6. The highest BCUT2D eigenvalue weighted by Gasteiger charge is 2.29. The van der Waals surface area contributed by atoms with E-state index in [4.69, 9.17) is 0 Å². The number of carbonyl (C=O) groups is 2. The summed E-state index contributed by atoms with van der Waals surface area (Å²) in [6.07, 6.45) is 2.03. The number of nitrogens with zero attached hydrogens (tertiary/aromatic N) is 1. The largest absolute Gasteiger partial charge is 0.373 e. The molecule has 0 spiro atoms. The summed E-state index contributed by atoms with van der Waals surface area (Å²) in [7, 11) is 0. The van der Waals surface area contributed by atoms with Crippen LogP contribution in [0.4, 0.5) is 5.00 Å². The second-order valence-corrected chi connectivity index (χ2v) is 5.29. The van der Waals surface area contributed by atoms with Crippen molar-refractivity contribution in [2.75, 3.05) is 18.4 Å². The van der Waals surface area contributed by atoms with Gasteiger partial charge in [-0.2, -0.15) is 4.37 Å². The number of amides is 1. The van der Waals surface area contributed by atoms with Crippen molar-refractivity contribution >= 4 is 28.2 Å².